The highest BCUT2D eigenvalue weighted by Crippen LogP contribution is 2.38. The molecule has 172 valence electrons. The van der Waals surface area contributed by atoms with Crippen LogP contribution in [0.5, 0.6) is 5.88 Å². The number of hydrogen-bond donors (Lipinski definition) is 1. The highest BCUT2D eigenvalue weighted by molar-refractivity contribution is 9.10. The van der Waals surface area contributed by atoms with Crippen molar-refractivity contribution in [2.45, 2.75) is 58.6 Å². The number of carbonyl (C=O) groups is 1. The van der Waals surface area contributed by atoms with Gasteiger partial charge in [-0.1, -0.05) is 0 Å². The first-order valence-electron chi connectivity index (χ1n) is 10.5. The number of aromatic nitrogens is 1. The van der Waals surface area contributed by atoms with Gasteiger partial charge in [0.25, 0.3) is 0 Å². The predicted octanol–water partition coefficient (Wildman–Crippen LogP) is 5.33. The number of halogens is 2. The third kappa shape index (κ3) is 5.07. The SMILES string of the molecule is COc1nc2c(F)c(Br)c(CCC#N)cc2c(NC2CCN(C(=O)OC(C)(C)C)C2)c1C. The smallest absolute Gasteiger partial charge is 0.410 e. The number of nitrogens with one attached hydrogen (secondary N) is 1. The fraction of sp³-hybridized carbons (Fsp3) is 0.522. The van der Waals surface area contributed by atoms with Crippen molar-refractivity contribution < 1.29 is 18.7 Å². The van der Waals surface area contributed by atoms with Gasteiger partial charge < -0.3 is 19.7 Å². The maximum Gasteiger partial charge on any atom is 0.410 e. The monoisotopic (exact) mass is 506 g/mol. The minimum atomic E-state index is -0.557. The van der Waals surface area contributed by atoms with Gasteiger partial charge in [0.05, 0.1) is 23.3 Å². The molecule has 1 aliphatic heterocycles. The van der Waals surface area contributed by atoms with E-state index in [0.29, 0.717) is 46.5 Å². The van der Waals surface area contributed by atoms with E-state index in [1.165, 1.54) is 7.11 Å². The van der Waals surface area contributed by atoms with E-state index in [1.54, 1.807) is 4.90 Å². The molecule has 2 heterocycles. The largest absolute Gasteiger partial charge is 0.481 e. The van der Waals surface area contributed by atoms with E-state index in [-0.39, 0.29) is 24.1 Å². The Labute approximate surface area is 196 Å². The number of aryl methyl sites for hydroxylation is 1. The van der Waals surface area contributed by atoms with Crippen LogP contribution >= 0.6 is 15.9 Å². The lowest BCUT2D eigenvalue weighted by atomic mass is 10.0. The molecule has 1 fully saturated rings. The lowest BCUT2D eigenvalue weighted by Gasteiger charge is -2.25. The Balaban J connectivity index is 1.96. The molecule has 1 unspecified atom stereocenters. The molecular weight excluding hydrogens is 479 g/mol. The summed E-state index contributed by atoms with van der Waals surface area (Å²) < 4.78 is 26.4. The van der Waals surface area contributed by atoms with Crippen LogP contribution in [0.4, 0.5) is 14.9 Å². The molecule has 32 heavy (non-hydrogen) atoms. The molecule has 1 aromatic heterocycles. The molecule has 1 aromatic carbocycles. The van der Waals surface area contributed by atoms with E-state index < -0.39 is 11.4 Å². The summed E-state index contributed by atoms with van der Waals surface area (Å²) in [5.41, 5.74) is 1.80. The van der Waals surface area contributed by atoms with Gasteiger partial charge in [-0.05, 0) is 68.1 Å². The lowest BCUT2D eigenvalue weighted by molar-refractivity contribution is 0.0293. The summed E-state index contributed by atoms with van der Waals surface area (Å²) in [5.74, 6) is -0.156. The molecule has 1 saturated heterocycles. The minimum absolute atomic E-state index is 0.0363. The standard InChI is InChI=1S/C23H28BrFN4O3/c1-13-19(27-15-8-10-29(12-15)22(30)32-23(2,3)4)16-11-14(7-6-9-26)17(24)18(25)20(16)28-21(13)31-5/h11,15H,6-8,10,12H2,1-5H3,(H,27,28). The molecule has 0 spiro atoms. The maximum absolute atomic E-state index is 15.2. The zero-order valence-corrected chi connectivity index (χ0v) is 20.6. The molecule has 0 radical (unpaired) electrons. The van der Waals surface area contributed by atoms with Crippen LogP contribution in [0.2, 0.25) is 0 Å². The quantitative estimate of drug-likeness (QED) is 0.589. The Morgan fingerprint density at radius 2 is 2.19 bits per heavy atom. The third-order valence-electron chi connectivity index (χ3n) is 5.32. The van der Waals surface area contributed by atoms with Crippen LogP contribution in [0, 0.1) is 24.1 Å². The molecule has 1 aliphatic rings. The number of rotatable bonds is 5. The van der Waals surface area contributed by atoms with Crippen LogP contribution in [-0.2, 0) is 11.2 Å². The normalized spacial score (nSPS) is 16.2. The van der Waals surface area contributed by atoms with E-state index in [1.807, 2.05) is 33.8 Å². The van der Waals surface area contributed by atoms with Crippen LogP contribution in [0.25, 0.3) is 10.9 Å². The second kappa shape index (κ2) is 9.49. The summed E-state index contributed by atoms with van der Waals surface area (Å²) in [6.07, 6.45) is 1.09. The second-order valence-electron chi connectivity index (χ2n) is 8.90. The van der Waals surface area contributed by atoms with Crippen molar-refractivity contribution in [3.05, 3.63) is 27.5 Å². The van der Waals surface area contributed by atoms with Crippen LogP contribution < -0.4 is 10.1 Å². The molecule has 1 atom stereocenters. The van der Waals surface area contributed by atoms with Gasteiger partial charge in [-0.25, -0.2) is 14.2 Å². The molecule has 1 amide bonds. The number of anilines is 1. The van der Waals surface area contributed by atoms with Crippen molar-refractivity contribution in [2.24, 2.45) is 0 Å². The Kier molecular flexibility index (Phi) is 7.13. The number of benzene rings is 1. The third-order valence-corrected chi connectivity index (χ3v) is 6.18. The number of ether oxygens (including phenoxy) is 2. The zero-order chi connectivity index (χ0) is 23.6. The zero-order valence-electron chi connectivity index (χ0n) is 19.0. The lowest BCUT2D eigenvalue weighted by Crippen LogP contribution is -2.36. The molecule has 3 rings (SSSR count). The first-order chi connectivity index (χ1) is 15.1. The summed E-state index contributed by atoms with van der Waals surface area (Å²) in [6.45, 7) is 8.42. The van der Waals surface area contributed by atoms with Crippen molar-refractivity contribution in [2.75, 3.05) is 25.5 Å². The number of likely N-dealkylation sites (tertiary alicyclic amines) is 1. The van der Waals surface area contributed by atoms with E-state index >= 15 is 4.39 Å². The number of nitriles is 1. The molecule has 9 heteroatoms. The molecule has 2 aromatic rings. The molecule has 0 aliphatic carbocycles. The highest BCUT2D eigenvalue weighted by Gasteiger charge is 2.31. The van der Waals surface area contributed by atoms with Crippen LogP contribution in [0.1, 0.15) is 44.7 Å². The van der Waals surface area contributed by atoms with Crippen LogP contribution in [0.15, 0.2) is 10.5 Å². The van der Waals surface area contributed by atoms with Crippen molar-refractivity contribution in [3.8, 4) is 11.9 Å². The molecule has 0 saturated carbocycles. The van der Waals surface area contributed by atoms with Gasteiger partial charge in [0, 0.05) is 36.5 Å². The van der Waals surface area contributed by atoms with Crippen molar-refractivity contribution in [1.82, 2.24) is 9.88 Å². The summed E-state index contributed by atoms with van der Waals surface area (Å²) in [7, 11) is 1.50. The van der Waals surface area contributed by atoms with Gasteiger partial charge in [0.1, 0.15) is 11.1 Å². The predicted molar refractivity (Wildman–Crippen MR) is 124 cm³/mol. The first-order valence-corrected chi connectivity index (χ1v) is 11.3. The molecular formula is C23H28BrFN4O3. The number of pyridine rings is 1. The van der Waals surface area contributed by atoms with E-state index in [2.05, 4.69) is 32.3 Å². The number of methoxy groups -OCH3 is 1. The molecule has 7 nitrogen and oxygen atoms in total. The number of carbonyl (C=O) groups excluding carboxylic acids is 1. The average molecular weight is 507 g/mol. The first kappa shape index (κ1) is 24.1. The van der Waals surface area contributed by atoms with Gasteiger partial charge >= 0.3 is 6.09 Å². The van der Waals surface area contributed by atoms with Crippen molar-refractivity contribution >= 4 is 38.6 Å². The number of fused-ring (bicyclic) bond motifs is 1. The van der Waals surface area contributed by atoms with Gasteiger partial charge in [-0.2, -0.15) is 5.26 Å². The number of amides is 1. The van der Waals surface area contributed by atoms with Crippen LogP contribution in [-0.4, -0.2) is 47.8 Å². The number of hydrogen-bond acceptors (Lipinski definition) is 6. The number of nitrogens with zero attached hydrogens (tertiary/aromatic N) is 3. The van der Waals surface area contributed by atoms with E-state index in [0.717, 1.165) is 12.0 Å². The Morgan fingerprint density at radius 1 is 1.47 bits per heavy atom. The van der Waals surface area contributed by atoms with Gasteiger partial charge in [-0.15, -0.1) is 0 Å². The summed E-state index contributed by atoms with van der Waals surface area (Å²) >= 11 is 3.31. The topological polar surface area (TPSA) is 87.5 Å². The summed E-state index contributed by atoms with van der Waals surface area (Å²) in [5, 5.41) is 13.1. The van der Waals surface area contributed by atoms with Gasteiger partial charge in [-0.3, -0.25) is 0 Å². The van der Waals surface area contributed by atoms with Gasteiger partial charge in [0.2, 0.25) is 5.88 Å². The highest BCUT2D eigenvalue weighted by atomic mass is 79.9. The van der Waals surface area contributed by atoms with E-state index in [9.17, 15) is 4.79 Å². The Bertz CT molecular complexity index is 1080. The van der Waals surface area contributed by atoms with E-state index in [4.69, 9.17) is 14.7 Å². The van der Waals surface area contributed by atoms with Crippen molar-refractivity contribution in [3.63, 3.8) is 0 Å². The average Bonchev–Trinajstić information content (AvgIpc) is 3.19. The van der Waals surface area contributed by atoms with Crippen LogP contribution in [0.3, 0.4) is 0 Å². The summed E-state index contributed by atoms with van der Waals surface area (Å²) in [6, 6.07) is 3.93. The maximum atomic E-state index is 15.2. The second-order valence-corrected chi connectivity index (χ2v) is 9.69. The van der Waals surface area contributed by atoms with Crippen molar-refractivity contribution in [1.29, 1.82) is 5.26 Å². The molecule has 1 N–H and O–H groups in total. The Hall–Kier alpha value is -2.60. The fourth-order valence-electron chi connectivity index (χ4n) is 3.80. The Morgan fingerprint density at radius 3 is 2.81 bits per heavy atom. The minimum Gasteiger partial charge on any atom is -0.481 e. The fourth-order valence-corrected chi connectivity index (χ4v) is 4.30. The molecule has 0 bridgehead atoms. The van der Waals surface area contributed by atoms with Gasteiger partial charge in [0.15, 0.2) is 5.82 Å². The summed E-state index contributed by atoms with van der Waals surface area (Å²) in [4.78, 5) is 18.5.